The van der Waals surface area contributed by atoms with E-state index in [0.29, 0.717) is 0 Å². The van der Waals surface area contributed by atoms with Gasteiger partial charge in [-0.05, 0) is 13.8 Å². The van der Waals surface area contributed by atoms with Crippen molar-refractivity contribution in [2.45, 2.75) is 43.4 Å². The zero-order valence-electron chi connectivity index (χ0n) is 14.7. The van der Waals surface area contributed by atoms with Gasteiger partial charge in [-0.3, -0.25) is 4.79 Å². The summed E-state index contributed by atoms with van der Waals surface area (Å²) in [5.74, 6) is -14.2. The van der Waals surface area contributed by atoms with Crippen LogP contribution in [0, 0.1) is 0 Å². The molecule has 0 bridgehead atoms. The molecule has 0 aliphatic carbocycles. The van der Waals surface area contributed by atoms with Crippen LogP contribution in [0.5, 0.6) is 0 Å². The Morgan fingerprint density at radius 2 is 1.59 bits per heavy atom. The summed E-state index contributed by atoms with van der Waals surface area (Å²) in [6.45, 7) is 2.41. The van der Waals surface area contributed by atoms with Crippen LogP contribution >= 0.6 is 0 Å². The van der Waals surface area contributed by atoms with Crippen LogP contribution < -0.4 is 5.32 Å². The van der Waals surface area contributed by atoms with Gasteiger partial charge < -0.3 is 19.3 Å². The highest BCUT2D eigenvalue weighted by atomic mass is 32.2. The quantitative estimate of drug-likeness (QED) is 0.172. The van der Waals surface area contributed by atoms with Crippen molar-refractivity contribution in [3.05, 3.63) is 12.2 Å². The molecule has 0 rings (SSSR count). The van der Waals surface area contributed by atoms with Crippen molar-refractivity contribution in [2.24, 2.45) is 0 Å². The lowest BCUT2D eigenvalue weighted by Gasteiger charge is -2.34. The highest BCUT2D eigenvalue weighted by molar-refractivity contribution is 7.86. The van der Waals surface area contributed by atoms with E-state index in [4.69, 9.17) is 0 Å². The number of rotatable bonds is 10. The first kappa shape index (κ1) is 27.1. The van der Waals surface area contributed by atoms with Crippen LogP contribution in [0.3, 0.4) is 0 Å². The Balaban J connectivity index is 5.93. The summed E-state index contributed by atoms with van der Waals surface area (Å²) in [5, 5.41) is -4.62. The molecule has 1 amide bonds. The van der Waals surface area contributed by atoms with Crippen LogP contribution in [0.2, 0.25) is 0 Å². The molecule has 0 heterocycles. The molecule has 1 atom stereocenters. The van der Waals surface area contributed by atoms with Gasteiger partial charge in [-0.15, -0.1) is 0 Å². The number of nitrogens with one attached hydrogen (secondary N) is 1. The molecule has 0 spiro atoms. The van der Waals surface area contributed by atoms with E-state index in [1.54, 1.807) is 5.32 Å². The second kappa shape index (κ2) is 8.83. The molecule has 1 unspecified atom stereocenters. The van der Waals surface area contributed by atoms with Gasteiger partial charge in [-0.2, -0.15) is 30.7 Å². The van der Waals surface area contributed by atoms with E-state index >= 15 is 0 Å². The van der Waals surface area contributed by atoms with Crippen molar-refractivity contribution in [1.29, 1.82) is 0 Å². The van der Waals surface area contributed by atoms with Crippen molar-refractivity contribution in [2.75, 3.05) is 13.2 Å². The van der Waals surface area contributed by atoms with Gasteiger partial charge in [0.25, 0.3) is 0 Å². The number of hydrogen-bond acceptors (Lipinski definition) is 7. The predicted octanol–water partition coefficient (Wildman–Crippen LogP) is 1.68. The van der Waals surface area contributed by atoms with E-state index in [-0.39, 0.29) is 0 Å². The molecule has 8 nitrogen and oxygen atoms in total. The van der Waals surface area contributed by atoms with E-state index in [0.717, 1.165) is 13.8 Å². The Labute approximate surface area is 159 Å². The summed E-state index contributed by atoms with van der Waals surface area (Å²) in [7, 11) is -6.90. The Hall–Kier alpha value is -1.94. The smallest absolute Gasteiger partial charge is 0.466 e. The standard InChI is InChI=1S/C13H16F7NO7S/c1-4-21-9(23)11(12(16,17)18,28-8(22)7(2)3)27-6-5-10(14,15)13(19,20)29(24,25)26/h2,4-6H2,1,3H3,(H,21,23)(H,24,25,26)/p-1. The third-order valence-corrected chi connectivity index (χ3v) is 3.98. The third kappa shape index (κ3) is 5.79. The highest BCUT2D eigenvalue weighted by Gasteiger charge is 2.67. The molecule has 16 heteroatoms. The van der Waals surface area contributed by atoms with Crippen LogP contribution in [0.1, 0.15) is 20.3 Å². The summed E-state index contributed by atoms with van der Waals surface area (Å²) in [4.78, 5) is 23.3. The number of hydrogen-bond donors (Lipinski definition) is 1. The Morgan fingerprint density at radius 1 is 1.10 bits per heavy atom. The van der Waals surface area contributed by atoms with Crippen molar-refractivity contribution in [3.8, 4) is 0 Å². The molecule has 0 saturated carbocycles. The average Bonchev–Trinajstić information content (AvgIpc) is 2.51. The number of likely N-dealkylation sites (N-methyl/N-ethyl adjacent to an activating group) is 1. The predicted molar refractivity (Wildman–Crippen MR) is 78.5 cm³/mol. The second-order valence-electron chi connectivity index (χ2n) is 5.42. The molecule has 29 heavy (non-hydrogen) atoms. The molecule has 0 aliphatic heterocycles. The Kier molecular flexibility index (Phi) is 8.24. The number of carbonyl (C=O) groups excluding carboxylic acids is 2. The summed E-state index contributed by atoms with van der Waals surface area (Å²) in [6.07, 6.45) is -8.34. The summed E-state index contributed by atoms with van der Waals surface area (Å²) < 4.78 is 132. The molecule has 0 radical (unpaired) electrons. The molecule has 0 aromatic rings. The summed E-state index contributed by atoms with van der Waals surface area (Å²) >= 11 is 0. The number of carbonyl (C=O) groups is 2. The van der Waals surface area contributed by atoms with Gasteiger partial charge in [-0.25, -0.2) is 13.2 Å². The fourth-order valence-corrected chi connectivity index (χ4v) is 2.02. The zero-order valence-corrected chi connectivity index (χ0v) is 15.6. The van der Waals surface area contributed by atoms with Crippen LogP contribution in [-0.4, -0.2) is 61.1 Å². The fourth-order valence-electron chi connectivity index (χ4n) is 1.56. The first-order valence-corrected chi connectivity index (χ1v) is 8.76. The maximum Gasteiger partial charge on any atom is 0.466 e. The second-order valence-corrected chi connectivity index (χ2v) is 6.84. The average molecular weight is 462 g/mol. The monoisotopic (exact) mass is 462 g/mol. The lowest BCUT2D eigenvalue weighted by atomic mass is 10.2. The van der Waals surface area contributed by atoms with E-state index in [9.17, 15) is 53.3 Å². The van der Waals surface area contributed by atoms with Crippen LogP contribution in [0.4, 0.5) is 30.7 Å². The van der Waals surface area contributed by atoms with Gasteiger partial charge in [-0.1, -0.05) is 6.58 Å². The lowest BCUT2D eigenvalue weighted by molar-refractivity contribution is -0.349. The van der Waals surface area contributed by atoms with Crippen molar-refractivity contribution in [3.63, 3.8) is 0 Å². The minimum absolute atomic E-state index is 0.479. The summed E-state index contributed by atoms with van der Waals surface area (Å²) in [5.41, 5.74) is -0.666. The number of alkyl halides is 7. The van der Waals surface area contributed by atoms with Crippen LogP contribution in [-0.2, 0) is 29.2 Å². The highest BCUT2D eigenvalue weighted by Crippen LogP contribution is 2.42. The SMILES string of the molecule is C=C(C)C(=O)OC(OCCC(F)(F)C(F)(F)S(=O)(=O)[O-])(C(=O)NCC)C(F)(F)F. The molecular weight excluding hydrogens is 447 g/mol. The van der Waals surface area contributed by atoms with Gasteiger partial charge >= 0.3 is 35.0 Å². The molecule has 0 fully saturated rings. The molecule has 0 aromatic heterocycles. The van der Waals surface area contributed by atoms with Gasteiger partial charge in [0.2, 0.25) is 0 Å². The minimum atomic E-state index is -6.90. The maximum atomic E-state index is 13.4. The normalized spacial score (nSPS) is 15.4. The largest absolute Gasteiger partial charge is 0.743 e. The van der Waals surface area contributed by atoms with E-state index < -0.39 is 70.3 Å². The minimum Gasteiger partial charge on any atom is -0.743 e. The van der Waals surface area contributed by atoms with Crippen molar-refractivity contribution >= 4 is 22.0 Å². The van der Waals surface area contributed by atoms with Gasteiger partial charge in [0.05, 0.1) is 6.61 Å². The fraction of sp³-hybridized carbons (Fsp3) is 0.692. The Bertz CT molecular complexity index is 751. The maximum absolute atomic E-state index is 13.4. The number of esters is 1. The topological polar surface area (TPSA) is 122 Å². The molecule has 170 valence electrons. The van der Waals surface area contributed by atoms with Crippen molar-refractivity contribution in [1.82, 2.24) is 5.32 Å². The van der Waals surface area contributed by atoms with Gasteiger partial charge in [0.15, 0.2) is 10.1 Å². The lowest BCUT2D eigenvalue weighted by Crippen LogP contribution is -2.62. The first-order valence-electron chi connectivity index (χ1n) is 7.35. The van der Waals surface area contributed by atoms with Gasteiger partial charge in [0, 0.05) is 18.5 Å². The molecule has 0 aliphatic rings. The molecule has 0 aromatic carbocycles. The summed E-state index contributed by atoms with van der Waals surface area (Å²) in [6, 6.07) is 0. The molecular formula is C13H15F7NO7S-. The van der Waals surface area contributed by atoms with E-state index in [2.05, 4.69) is 16.1 Å². The van der Waals surface area contributed by atoms with Crippen LogP contribution in [0.25, 0.3) is 0 Å². The molecule has 1 N–H and O–H groups in total. The first-order chi connectivity index (χ1) is 12.8. The number of amides is 1. The van der Waals surface area contributed by atoms with Gasteiger partial charge in [0.1, 0.15) is 0 Å². The van der Waals surface area contributed by atoms with E-state index in [1.807, 2.05) is 0 Å². The third-order valence-electron chi connectivity index (χ3n) is 3.06. The molecule has 0 saturated heterocycles. The van der Waals surface area contributed by atoms with Crippen molar-refractivity contribution < 1.29 is 62.8 Å². The number of halogens is 7. The van der Waals surface area contributed by atoms with Crippen LogP contribution in [0.15, 0.2) is 12.2 Å². The van der Waals surface area contributed by atoms with E-state index in [1.165, 1.54) is 0 Å². The number of ether oxygens (including phenoxy) is 2. The zero-order chi connectivity index (χ0) is 23.5. The Morgan fingerprint density at radius 3 is 1.93 bits per heavy atom.